The highest BCUT2D eigenvalue weighted by Gasteiger charge is 2.07. The predicted octanol–water partition coefficient (Wildman–Crippen LogP) is 4.65. The molecule has 0 spiro atoms. The van der Waals surface area contributed by atoms with E-state index < -0.39 is 0 Å². The van der Waals surface area contributed by atoms with Gasteiger partial charge in [-0.1, -0.05) is 39.8 Å². The van der Waals surface area contributed by atoms with Gasteiger partial charge in [0, 0.05) is 0 Å². The summed E-state index contributed by atoms with van der Waals surface area (Å²) < 4.78 is 13.3. The largest absolute Gasteiger partial charge is 0.317 e. The summed E-state index contributed by atoms with van der Waals surface area (Å²) in [5.74, 6) is 0.259. The third-order valence-electron chi connectivity index (χ3n) is 2.98. The fourth-order valence-corrected chi connectivity index (χ4v) is 1.61. The molecular weight excluding hydrogens is 225 g/mol. The number of aryl methyl sites for hydroxylation is 1. The summed E-state index contributed by atoms with van der Waals surface area (Å²) in [5, 5.41) is 3.20. The Bertz CT molecular complexity index is 319. The standard InChI is InChI=1S/C11H15F.C5H13N/c1-4-9(3)10-6-5-8(2)7-11(10)12;1-3-5-6-4-2/h5-7,9H,4H2,1-3H3;6H,3-5H2,1-2H3. The van der Waals surface area contributed by atoms with Crippen LogP contribution in [0.5, 0.6) is 0 Å². The molecule has 1 N–H and O–H groups in total. The number of halogens is 1. The lowest BCUT2D eigenvalue weighted by Crippen LogP contribution is -2.12. The van der Waals surface area contributed by atoms with Crippen molar-refractivity contribution in [1.29, 1.82) is 0 Å². The van der Waals surface area contributed by atoms with Crippen LogP contribution in [0.15, 0.2) is 18.2 Å². The second-order valence-electron chi connectivity index (χ2n) is 4.69. The monoisotopic (exact) mass is 253 g/mol. The summed E-state index contributed by atoms with van der Waals surface area (Å²) in [7, 11) is 0. The van der Waals surface area contributed by atoms with Gasteiger partial charge in [-0.05, 0) is 56.0 Å². The maximum absolute atomic E-state index is 13.3. The molecule has 1 aromatic carbocycles. The van der Waals surface area contributed by atoms with Gasteiger partial charge in [-0.2, -0.15) is 0 Å². The molecular formula is C16H28FN. The van der Waals surface area contributed by atoms with Crippen molar-refractivity contribution in [3.05, 3.63) is 35.1 Å². The molecule has 0 saturated heterocycles. The van der Waals surface area contributed by atoms with Gasteiger partial charge in [0.15, 0.2) is 0 Å². The lowest BCUT2D eigenvalue weighted by molar-refractivity contribution is 0.582. The van der Waals surface area contributed by atoms with Crippen molar-refractivity contribution in [3.8, 4) is 0 Å². The Kier molecular flexibility index (Phi) is 9.57. The summed E-state index contributed by atoms with van der Waals surface area (Å²) in [4.78, 5) is 0. The Balaban J connectivity index is 0.000000411. The van der Waals surface area contributed by atoms with Gasteiger partial charge in [-0.25, -0.2) is 4.39 Å². The summed E-state index contributed by atoms with van der Waals surface area (Å²) in [5.41, 5.74) is 1.82. The van der Waals surface area contributed by atoms with E-state index in [2.05, 4.69) is 26.1 Å². The van der Waals surface area contributed by atoms with Crippen molar-refractivity contribution in [2.24, 2.45) is 0 Å². The lowest BCUT2D eigenvalue weighted by Gasteiger charge is -2.10. The zero-order valence-electron chi connectivity index (χ0n) is 12.5. The molecule has 0 amide bonds. The number of benzene rings is 1. The minimum atomic E-state index is -0.0654. The summed E-state index contributed by atoms with van der Waals surface area (Å²) in [6, 6.07) is 5.45. The van der Waals surface area contributed by atoms with Gasteiger partial charge < -0.3 is 5.32 Å². The second kappa shape index (κ2) is 10.1. The number of nitrogens with one attached hydrogen (secondary N) is 1. The van der Waals surface area contributed by atoms with Crippen LogP contribution in [0.1, 0.15) is 57.6 Å². The van der Waals surface area contributed by atoms with Gasteiger partial charge in [0.05, 0.1) is 0 Å². The first-order valence-corrected chi connectivity index (χ1v) is 7.03. The van der Waals surface area contributed by atoms with Crippen LogP contribution in [0.3, 0.4) is 0 Å². The average Bonchev–Trinajstić information content (AvgIpc) is 2.36. The Morgan fingerprint density at radius 2 is 1.89 bits per heavy atom. The molecule has 1 nitrogen and oxygen atoms in total. The van der Waals surface area contributed by atoms with Crippen LogP contribution in [-0.2, 0) is 0 Å². The average molecular weight is 253 g/mol. The molecule has 2 heteroatoms. The smallest absolute Gasteiger partial charge is 0.126 e. The fraction of sp³-hybridized carbons (Fsp3) is 0.625. The van der Waals surface area contributed by atoms with Crippen molar-refractivity contribution < 1.29 is 4.39 Å². The maximum atomic E-state index is 13.3. The number of rotatable bonds is 5. The van der Waals surface area contributed by atoms with Crippen molar-refractivity contribution in [2.75, 3.05) is 13.1 Å². The molecule has 1 unspecified atom stereocenters. The first-order valence-electron chi connectivity index (χ1n) is 7.03. The van der Waals surface area contributed by atoms with Crippen LogP contribution >= 0.6 is 0 Å². The van der Waals surface area contributed by atoms with E-state index in [1.54, 1.807) is 6.07 Å². The van der Waals surface area contributed by atoms with Crippen molar-refractivity contribution in [1.82, 2.24) is 5.32 Å². The highest BCUT2D eigenvalue weighted by atomic mass is 19.1. The van der Waals surface area contributed by atoms with Crippen LogP contribution in [-0.4, -0.2) is 13.1 Å². The maximum Gasteiger partial charge on any atom is 0.126 e. The zero-order valence-corrected chi connectivity index (χ0v) is 12.5. The van der Waals surface area contributed by atoms with E-state index in [1.165, 1.54) is 6.42 Å². The summed E-state index contributed by atoms with van der Waals surface area (Å²) >= 11 is 0. The third kappa shape index (κ3) is 6.75. The molecule has 1 aromatic rings. The molecule has 104 valence electrons. The minimum Gasteiger partial charge on any atom is -0.317 e. The van der Waals surface area contributed by atoms with Gasteiger partial charge in [0.2, 0.25) is 0 Å². The van der Waals surface area contributed by atoms with Crippen LogP contribution in [0.25, 0.3) is 0 Å². The Labute approximate surface area is 112 Å². The van der Waals surface area contributed by atoms with Gasteiger partial charge in [0.25, 0.3) is 0 Å². The molecule has 0 fully saturated rings. The summed E-state index contributed by atoms with van der Waals surface area (Å²) in [6.07, 6.45) is 2.23. The second-order valence-corrected chi connectivity index (χ2v) is 4.69. The minimum absolute atomic E-state index is 0.0654. The zero-order chi connectivity index (χ0) is 14.0. The Morgan fingerprint density at radius 3 is 2.28 bits per heavy atom. The fourth-order valence-electron chi connectivity index (χ4n) is 1.61. The molecule has 18 heavy (non-hydrogen) atoms. The van der Waals surface area contributed by atoms with Gasteiger partial charge in [0.1, 0.15) is 5.82 Å². The van der Waals surface area contributed by atoms with Crippen LogP contribution < -0.4 is 5.32 Å². The quantitative estimate of drug-likeness (QED) is 0.753. The highest BCUT2D eigenvalue weighted by Crippen LogP contribution is 2.22. The first kappa shape index (κ1) is 17.1. The Hall–Kier alpha value is -0.890. The van der Waals surface area contributed by atoms with Crippen molar-refractivity contribution in [3.63, 3.8) is 0 Å². The van der Waals surface area contributed by atoms with Crippen LogP contribution in [0, 0.1) is 12.7 Å². The predicted molar refractivity (Wildman–Crippen MR) is 78.7 cm³/mol. The molecule has 0 radical (unpaired) electrons. The van der Waals surface area contributed by atoms with Crippen molar-refractivity contribution >= 4 is 0 Å². The molecule has 0 heterocycles. The van der Waals surface area contributed by atoms with Gasteiger partial charge >= 0.3 is 0 Å². The molecule has 1 atom stereocenters. The van der Waals surface area contributed by atoms with E-state index in [0.29, 0.717) is 5.92 Å². The third-order valence-corrected chi connectivity index (χ3v) is 2.98. The van der Waals surface area contributed by atoms with E-state index in [0.717, 1.165) is 30.6 Å². The molecule has 0 saturated carbocycles. The number of hydrogen-bond acceptors (Lipinski definition) is 1. The number of hydrogen-bond donors (Lipinski definition) is 1. The van der Waals surface area contributed by atoms with E-state index in [9.17, 15) is 4.39 Å². The van der Waals surface area contributed by atoms with Gasteiger partial charge in [-0.15, -0.1) is 0 Å². The lowest BCUT2D eigenvalue weighted by atomic mass is 9.97. The van der Waals surface area contributed by atoms with E-state index in [1.807, 2.05) is 26.0 Å². The summed E-state index contributed by atoms with van der Waals surface area (Å²) in [6.45, 7) is 12.6. The van der Waals surface area contributed by atoms with Crippen molar-refractivity contribution in [2.45, 2.75) is 53.4 Å². The Morgan fingerprint density at radius 1 is 1.22 bits per heavy atom. The molecule has 0 aliphatic rings. The SMILES string of the molecule is CCC(C)c1ccc(C)cc1F.CCCNCC. The van der Waals surface area contributed by atoms with E-state index in [4.69, 9.17) is 0 Å². The van der Waals surface area contributed by atoms with Crippen LogP contribution in [0.4, 0.5) is 4.39 Å². The van der Waals surface area contributed by atoms with E-state index >= 15 is 0 Å². The molecule has 0 aliphatic heterocycles. The first-order chi connectivity index (χ1) is 8.56. The molecule has 0 bridgehead atoms. The molecule has 1 rings (SSSR count). The van der Waals surface area contributed by atoms with E-state index in [-0.39, 0.29) is 5.82 Å². The normalized spacial score (nSPS) is 11.7. The van der Waals surface area contributed by atoms with Gasteiger partial charge in [-0.3, -0.25) is 0 Å². The topological polar surface area (TPSA) is 12.0 Å². The molecule has 0 aromatic heterocycles. The highest BCUT2D eigenvalue weighted by molar-refractivity contribution is 5.25. The molecule has 0 aliphatic carbocycles. The van der Waals surface area contributed by atoms with Crippen LogP contribution in [0.2, 0.25) is 0 Å².